The lowest BCUT2D eigenvalue weighted by Gasteiger charge is -2.40. The van der Waals surface area contributed by atoms with Crippen molar-refractivity contribution in [2.24, 2.45) is 0 Å². The van der Waals surface area contributed by atoms with Crippen LogP contribution in [-0.2, 0) is 14.3 Å². The zero-order chi connectivity index (χ0) is 48.0. The van der Waals surface area contributed by atoms with Gasteiger partial charge in [-0.1, -0.05) is 257 Å². The third-order valence-corrected chi connectivity index (χ3v) is 14.1. The summed E-state index contributed by atoms with van der Waals surface area (Å²) in [7, 11) is 0. The molecule has 1 heterocycles. The Morgan fingerprint density at radius 1 is 0.500 bits per heavy atom. The normalized spacial score (nSPS) is 19.8. The zero-order valence-electron chi connectivity index (χ0n) is 43.5. The number of carbonyl (C=O) groups is 1. The Labute approximate surface area is 407 Å². The Kier molecular flexibility index (Phi) is 45.4. The van der Waals surface area contributed by atoms with E-state index in [1.807, 2.05) is 0 Å². The monoisotopic (exact) mass is 938 g/mol. The lowest BCUT2D eigenvalue weighted by atomic mass is 9.99. The van der Waals surface area contributed by atoms with Crippen LogP contribution in [0.3, 0.4) is 0 Å². The Bertz CT molecular complexity index is 1040. The zero-order valence-corrected chi connectivity index (χ0v) is 43.5. The van der Waals surface area contributed by atoms with E-state index in [9.17, 15) is 30.3 Å². The fraction of sp³-hybridized carbons (Fsp3) is 0.947. The molecule has 7 atom stereocenters. The van der Waals surface area contributed by atoms with Crippen LogP contribution in [-0.4, -0.2) is 87.5 Å². The van der Waals surface area contributed by atoms with Crippen LogP contribution in [0.25, 0.3) is 0 Å². The van der Waals surface area contributed by atoms with Crippen molar-refractivity contribution in [1.82, 2.24) is 5.32 Å². The highest BCUT2D eigenvalue weighted by atomic mass is 16.7. The lowest BCUT2D eigenvalue weighted by Crippen LogP contribution is -2.60. The molecule has 0 spiro atoms. The van der Waals surface area contributed by atoms with Gasteiger partial charge < -0.3 is 40.3 Å². The maximum absolute atomic E-state index is 13.0. The molecular weight excluding hydrogens is 827 g/mol. The van der Waals surface area contributed by atoms with Crippen molar-refractivity contribution in [3.05, 3.63) is 12.2 Å². The van der Waals surface area contributed by atoms with Crippen molar-refractivity contribution < 1.29 is 39.8 Å². The average Bonchev–Trinajstić information content (AvgIpc) is 3.32. The number of aliphatic hydroxyl groups is 5. The number of amides is 1. The van der Waals surface area contributed by atoms with E-state index in [2.05, 4.69) is 31.3 Å². The standard InChI is InChI=1S/C57H111NO8/c1-3-5-7-9-11-13-15-17-18-19-20-21-22-23-24-25-26-27-28-29-30-31-32-33-35-37-39-41-43-45-47-53(61)58-50(49-65-57-56(64)55(63)54(62)52(48-59)66-57)51(60)46-44-42-40-38-36-34-16-14-12-10-8-6-4-2/h23-24,50-52,54-57,59-60,62-64H,3-22,25-49H2,1-2H3,(H,58,61)/b24-23-. The van der Waals surface area contributed by atoms with E-state index in [0.717, 1.165) is 38.5 Å². The predicted octanol–water partition coefficient (Wildman–Crippen LogP) is 14.0. The highest BCUT2D eigenvalue weighted by Gasteiger charge is 2.44. The highest BCUT2D eigenvalue weighted by molar-refractivity contribution is 5.76. The second-order valence-corrected chi connectivity index (χ2v) is 20.4. The second-order valence-electron chi connectivity index (χ2n) is 20.4. The molecule has 1 fully saturated rings. The van der Waals surface area contributed by atoms with Gasteiger partial charge in [0.15, 0.2) is 6.29 Å². The van der Waals surface area contributed by atoms with Gasteiger partial charge in [-0.25, -0.2) is 0 Å². The van der Waals surface area contributed by atoms with Crippen molar-refractivity contribution in [1.29, 1.82) is 0 Å². The molecule has 392 valence electrons. The third-order valence-electron chi connectivity index (χ3n) is 14.1. The molecule has 0 aromatic heterocycles. The fourth-order valence-corrected chi connectivity index (χ4v) is 9.51. The minimum Gasteiger partial charge on any atom is -0.394 e. The smallest absolute Gasteiger partial charge is 0.220 e. The van der Waals surface area contributed by atoms with Crippen LogP contribution in [0.5, 0.6) is 0 Å². The summed E-state index contributed by atoms with van der Waals surface area (Å²) in [5.41, 5.74) is 0. The molecule has 1 aliphatic rings. The number of unbranched alkanes of at least 4 members (excludes halogenated alkanes) is 38. The van der Waals surface area contributed by atoms with E-state index in [1.165, 1.54) is 225 Å². The molecular formula is C57H111NO8. The summed E-state index contributed by atoms with van der Waals surface area (Å²) >= 11 is 0. The highest BCUT2D eigenvalue weighted by Crippen LogP contribution is 2.23. The number of hydrogen-bond acceptors (Lipinski definition) is 8. The summed E-state index contributed by atoms with van der Waals surface area (Å²) in [5, 5.41) is 54.5. The molecule has 1 rings (SSSR count). The first-order chi connectivity index (χ1) is 32.3. The molecule has 0 aromatic carbocycles. The summed E-state index contributed by atoms with van der Waals surface area (Å²) in [4.78, 5) is 13.0. The molecule has 7 unspecified atom stereocenters. The van der Waals surface area contributed by atoms with Crippen LogP contribution in [0.1, 0.15) is 290 Å². The summed E-state index contributed by atoms with van der Waals surface area (Å²) in [6, 6.07) is -0.715. The number of hydrogen-bond donors (Lipinski definition) is 6. The van der Waals surface area contributed by atoms with Crippen LogP contribution < -0.4 is 5.32 Å². The van der Waals surface area contributed by atoms with Gasteiger partial charge in [0.1, 0.15) is 24.4 Å². The maximum Gasteiger partial charge on any atom is 0.220 e. The van der Waals surface area contributed by atoms with Gasteiger partial charge in [0.05, 0.1) is 25.4 Å². The predicted molar refractivity (Wildman–Crippen MR) is 277 cm³/mol. The summed E-state index contributed by atoms with van der Waals surface area (Å²) in [6.07, 6.45) is 51.1. The van der Waals surface area contributed by atoms with Crippen molar-refractivity contribution in [2.75, 3.05) is 13.2 Å². The Morgan fingerprint density at radius 3 is 1.23 bits per heavy atom. The van der Waals surface area contributed by atoms with Crippen LogP contribution in [0.15, 0.2) is 12.2 Å². The largest absolute Gasteiger partial charge is 0.394 e. The first-order valence-corrected chi connectivity index (χ1v) is 28.9. The molecule has 0 aromatic rings. The minimum atomic E-state index is -1.55. The number of allylic oxidation sites excluding steroid dienone is 2. The summed E-state index contributed by atoms with van der Waals surface area (Å²) in [6.45, 7) is 3.86. The summed E-state index contributed by atoms with van der Waals surface area (Å²) in [5.74, 6) is -0.140. The number of rotatable bonds is 50. The first-order valence-electron chi connectivity index (χ1n) is 28.9. The van der Waals surface area contributed by atoms with Gasteiger partial charge in [-0.05, 0) is 38.5 Å². The first kappa shape index (κ1) is 62.9. The minimum absolute atomic E-state index is 0.133. The van der Waals surface area contributed by atoms with Gasteiger partial charge >= 0.3 is 0 Å². The van der Waals surface area contributed by atoms with E-state index in [1.54, 1.807) is 0 Å². The maximum atomic E-state index is 13.0. The molecule has 9 heteroatoms. The molecule has 0 saturated carbocycles. The van der Waals surface area contributed by atoms with E-state index in [-0.39, 0.29) is 12.5 Å². The Balaban J connectivity index is 2.12. The number of carbonyl (C=O) groups excluding carboxylic acids is 1. The Hall–Kier alpha value is -1.07. The van der Waals surface area contributed by atoms with Crippen LogP contribution in [0, 0.1) is 0 Å². The Morgan fingerprint density at radius 2 is 0.848 bits per heavy atom. The van der Waals surface area contributed by atoms with Crippen molar-refractivity contribution in [2.45, 2.75) is 333 Å². The SMILES string of the molecule is CCCCCCCCCCCCCC/C=C\CCCCCCCCCCCCCCCCC(=O)NC(COC1OC(CO)C(O)C(O)C1O)C(O)CCCCCCCCCCCCCCC. The molecule has 1 aliphatic heterocycles. The van der Waals surface area contributed by atoms with Gasteiger partial charge in [0, 0.05) is 6.42 Å². The number of nitrogens with one attached hydrogen (secondary N) is 1. The number of ether oxygens (including phenoxy) is 2. The molecule has 0 radical (unpaired) electrons. The quantitative estimate of drug-likeness (QED) is 0.0261. The van der Waals surface area contributed by atoms with Crippen LogP contribution >= 0.6 is 0 Å². The van der Waals surface area contributed by atoms with Crippen LogP contribution in [0.2, 0.25) is 0 Å². The van der Waals surface area contributed by atoms with Crippen LogP contribution in [0.4, 0.5) is 0 Å². The van der Waals surface area contributed by atoms with Gasteiger partial charge in [-0.2, -0.15) is 0 Å². The number of aliphatic hydroxyl groups excluding tert-OH is 5. The average molecular weight is 939 g/mol. The van der Waals surface area contributed by atoms with E-state index in [0.29, 0.717) is 12.8 Å². The van der Waals surface area contributed by atoms with Crippen molar-refractivity contribution in [3.8, 4) is 0 Å². The fourth-order valence-electron chi connectivity index (χ4n) is 9.51. The molecule has 0 bridgehead atoms. The molecule has 9 nitrogen and oxygen atoms in total. The van der Waals surface area contributed by atoms with E-state index in [4.69, 9.17) is 9.47 Å². The topological polar surface area (TPSA) is 149 Å². The molecule has 0 aliphatic carbocycles. The van der Waals surface area contributed by atoms with Crippen molar-refractivity contribution >= 4 is 5.91 Å². The van der Waals surface area contributed by atoms with Crippen molar-refractivity contribution in [3.63, 3.8) is 0 Å². The van der Waals surface area contributed by atoms with Gasteiger partial charge in [-0.3, -0.25) is 4.79 Å². The summed E-state index contributed by atoms with van der Waals surface area (Å²) < 4.78 is 11.3. The second kappa shape index (κ2) is 47.6. The lowest BCUT2D eigenvalue weighted by molar-refractivity contribution is -0.302. The molecule has 1 amide bonds. The molecule has 66 heavy (non-hydrogen) atoms. The molecule has 6 N–H and O–H groups in total. The van der Waals surface area contributed by atoms with E-state index >= 15 is 0 Å². The van der Waals surface area contributed by atoms with Gasteiger partial charge in [0.2, 0.25) is 5.91 Å². The van der Waals surface area contributed by atoms with E-state index < -0.39 is 49.5 Å². The molecule has 1 saturated heterocycles. The third kappa shape index (κ3) is 36.9. The van der Waals surface area contributed by atoms with Gasteiger partial charge in [0.25, 0.3) is 0 Å². The van der Waals surface area contributed by atoms with Gasteiger partial charge in [-0.15, -0.1) is 0 Å².